The van der Waals surface area contributed by atoms with E-state index in [2.05, 4.69) is 142 Å². The molecule has 0 fully saturated rings. The Balaban J connectivity index is 4.19. The van der Waals surface area contributed by atoms with Gasteiger partial charge in [0, 0.05) is 19.3 Å². The highest BCUT2D eigenvalue weighted by atomic mass is 16.6. The molecule has 0 aliphatic heterocycles. The minimum atomic E-state index is -0.785. The van der Waals surface area contributed by atoms with Crippen LogP contribution in [0.3, 0.4) is 0 Å². The second-order valence-corrected chi connectivity index (χ2v) is 20.6. The van der Waals surface area contributed by atoms with Crippen LogP contribution in [0.4, 0.5) is 0 Å². The molecule has 0 aromatic rings. The Bertz CT molecular complexity index is 1590. The third kappa shape index (κ3) is 60.7. The molecule has 0 aliphatic carbocycles. The minimum Gasteiger partial charge on any atom is -0.462 e. The van der Waals surface area contributed by atoms with Crippen molar-refractivity contribution in [2.75, 3.05) is 13.2 Å². The molecule has 0 N–H and O–H groups in total. The lowest BCUT2D eigenvalue weighted by Gasteiger charge is -2.18. The first-order valence-corrected chi connectivity index (χ1v) is 31.5. The van der Waals surface area contributed by atoms with Crippen LogP contribution in [0.25, 0.3) is 0 Å². The van der Waals surface area contributed by atoms with Crippen molar-refractivity contribution < 1.29 is 28.6 Å². The molecule has 1 unspecified atom stereocenters. The molecule has 0 saturated carbocycles. The van der Waals surface area contributed by atoms with Crippen molar-refractivity contribution in [3.63, 3.8) is 0 Å². The van der Waals surface area contributed by atoms with Crippen LogP contribution in [0, 0.1) is 0 Å². The predicted molar refractivity (Wildman–Crippen MR) is 330 cm³/mol. The molecule has 0 spiro atoms. The zero-order chi connectivity index (χ0) is 55.0. The van der Waals surface area contributed by atoms with Crippen LogP contribution in [0.5, 0.6) is 0 Å². The minimum absolute atomic E-state index is 0.0836. The number of rotatable bonds is 56. The van der Waals surface area contributed by atoms with E-state index in [1.165, 1.54) is 116 Å². The number of ether oxygens (including phenoxy) is 3. The van der Waals surface area contributed by atoms with Crippen molar-refractivity contribution in [1.82, 2.24) is 0 Å². The van der Waals surface area contributed by atoms with Crippen molar-refractivity contribution >= 4 is 17.9 Å². The molecule has 0 bridgehead atoms. The molecule has 0 aromatic carbocycles. The first-order chi connectivity index (χ1) is 37.5. The monoisotopic (exact) mass is 1050 g/mol. The average molecular weight is 1050 g/mol. The number of hydrogen-bond acceptors (Lipinski definition) is 6. The van der Waals surface area contributed by atoms with Gasteiger partial charge in [0.15, 0.2) is 6.10 Å². The quantitative estimate of drug-likeness (QED) is 0.0261. The molecule has 6 heteroatoms. The number of allylic oxidation sites excluding steroid dienone is 20. The maximum absolute atomic E-state index is 12.8. The van der Waals surface area contributed by atoms with E-state index in [0.717, 1.165) is 128 Å². The van der Waals surface area contributed by atoms with Gasteiger partial charge in [-0.15, -0.1) is 0 Å². The van der Waals surface area contributed by atoms with Gasteiger partial charge in [0.05, 0.1) is 0 Å². The molecule has 0 aliphatic rings. The van der Waals surface area contributed by atoms with Crippen LogP contribution in [0.15, 0.2) is 122 Å². The van der Waals surface area contributed by atoms with E-state index in [1.54, 1.807) is 0 Å². The zero-order valence-electron chi connectivity index (χ0n) is 49.5. The fourth-order valence-corrected chi connectivity index (χ4v) is 8.49. The lowest BCUT2D eigenvalue weighted by atomic mass is 10.1. The molecule has 0 amide bonds. The first-order valence-electron chi connectivity index (χ1n) is 31.5. The van der Waals surface area contributed by atoms with Crippen LogP contribution < -0.4 is 0 Å². The van der Waals surface area contributed by atoms with Gasteiger partial charge in [-0.3, -0.25) is 14.4 Å². The summed E-state index contributed by atoms with van der Waals surface area (Å²) in [5, 5.41) is 0. The average Bonchev–Trinajstić information content (AvgIpc) is 3.42. The number of unbranched alkanes of at least 4 members (excludes halogenated alkanes) is 25. The normalized spacial score (nSPS) is 12.9. The van der Waals surface area contributed by atoms with Gasteiger partial charge < -0.3 is 14.2 Å². The van der Waals surface area contributed by atoms with Crippen molar-refractivity contribution in [1.29, 1.82) is 0 Å². The summed E-state index contributed by atoms with van der Waals surface area (Å²) < 4.78 is 16.8. The molecule has 0 saturated heterocycles. The van der Waals surface area contributed by atoms with Gasteiger partial charge >= 0.3 is 17.9 Å². The van der Waals surface area contributed by atoms with E-state index in [4.69, 9.17) is 14.2 Å². The van der Waals surface area contributed by atoms with E-state index in [0.29, 0.717) is 19.3 Å². The lowest BCUT2D eigenvalue weighted by Crippen LogP contribution is -2.30. The lowest BCUT2D eigenvalue weighted by molar-refractivity contribution is -0.167. The largest absolute Gasteiger partial charge is 0.462 e. The van der Waals surface area contributed by atoms with Crippen molar-refractivity contribution in [2.45, 2.75) is 290 Å². The molecule has 0 heterocycles. The van der Waals surface area contributed by atoms with Crippen molar-refractivity contribution in [3.05, 3.63) is 122 Å². The maximum Gasteiger partial charge on any atom is 0.306 e. The highest BCUT2D eigenvalue weighted by Crippen LogP contribution is 2.15. The number of carbonyl (C=O) groups excluding carboxylic acids is 3. The smallest absolute Gasteiger partial charge is 0.306 e. The van der Waals surface area contributed by atoms with E-state index in [9.17, 15) is 14.4 Å². The Kier molecular flexibility index (Phi) is 59.9. The van der Waals surface area contributed by atoms with Crippen molar-refractivity contribution in [3.8, 4) is 0 Å². The fourth-order valence-electron chi connectivity index (χ4n) is 8.49. The summed E-state index contributed by atoms with van der Waals surface area (Å²) >= 11 is 0. The van der Waals surface area contributed by atoms with Gasteiger partial charge in [-0.2, -0.15) is 0 Å². The maximum atomic E-state index is 12.8. The summed E-state index contributed by atoms with van der Waals surface area (Å²) in [5.74, 6) is -0.902. The number of esters is 3. The van der Waals surface area contributed by atoms with E-state index >= 15 is 0 Å². The highest BCUT2D eigenvalue weighted by molar-refractivity contribution is 5.71. The first kappa shape index (κ1) is 71.8. The van der Waals surface area contributed by atoms with Crippen molar-refractivity contribution in [2.24, 2.45) is 0 Å². The highest BCUT2D eigenvalue weighted by Gasteiger charge is 2.19. The summed E-state index contributed by atoms with van der Waals surface area (Å²) in [6, 6.07) is 0. The Morgan fingerprint density at radius 3 is 0.829 bits per heavy atom. The molecule has 0 radical (unpaired) electrons. The van der Waals surface area contributed by atoms with Gasteiger partial charge in [0.25, 0.3) is 0 Å². The Morgan fingerprint density at radius 1 is 0.276 bits per heavy atom. The molecule has 76 heavy (non-hydrogen) atoms. The number of hydrogen-bond donors (Lipinski definition) is 0. The fraction of sp³-hybridized carbons (Fsp3) is 0.671. The summed E-state index contributed by atoms with van der Waals surface area (Å²) in [4.78, 5) is 38.1. The summed E-state index contributed by atoms with van der Waals surface area (Å²) in [7, 11) is 0. The molecule has 6 nitrogen and oxygen atoms in total. The Labute approximate surface area is 469 Å². The third-order valence-corrected chi connectivity index (χ3v) is 13.2. The second-order valence-electron chi connectivity index (χ2n) is 20.6. The molecular formula is C70H116O6. The van der Waals surface area contributed by atoms with Gasteiger partial charge in [0.2, 0.25) is 0 Å². The number of carbonyl (C=O) groups is 3. The van der Waals surface area contributed by atoms with Gasteiger partial charge in [-0.05, 0) is 116 Å². The predicted octanol–water partition coefficient (Wildman–Crippen LogP) is 21.6. The van der Waals surface area contributed by atoms with Crippen LogP contribution >= 0.6 is 0 Å². The Morgan fingerprint density at radius 2 is 0.513 bits per heavy atom. The zero-order valence-corrected chi connectivity index (χ0v) is 49.5. The van der Waals surface area contributed by atoms with Gasteiger partial charge in [-0.1, -0.05) is 271 Å². The van der Waals surface area contributed by atoms with E-state index in [-0.39, 0.29) is 31.1 Å². The van der Waals surface area contributed by atoms with E-state index < -0.39 is 6.10 Å². The molecular weight excluding hydrogens is 937 g/mol. The summed E-state index contributed by atoms with van der Waals surface area (Å²) in [6.07, 6.45) is 87.9. The summed E-state index contributed by atoms with van der Waals surface area (Å²) in [5.41, 5.74) is 0. The Hall–Kier alpha value is -4.19. The van der Waals surface area contributed by atoms with Gasteiger partial charge in [0.1, 0.15) is 13.2 Å². The van der Waals surface area contributed by atoms with Crippen LogP contribution in [-0.4, -0.2) is 37.2 Å². The van der Waals surface area contributed by atoms with Crippen LogP contribution in [0.1, 0.15) is 284 Å². The standard InChI is InChI=1S/C70H116O6/c1-4-7-10-13-16-19-21-23-25-27-28-29-30-31-32-33-34-35-36-37-38-39-40-41-42-44-45-47-49-51-54-57-60-63-69(72)75-66-67(65-74-68(71)62-59-56-53-18-15-12-9-6-3)76-70(73)64-61-58-55-52-50-48-46-43-26-24-22-20-17-14-11-8-5-2/h7,10,16-17,19-20,23-26,28-29,31-32,34-35,37-38,40-41,67H,4-6,8-9,11-15,18,21-22,27,30,33,36,39,42-66H2,1-3H3/b10-7-,19-16-,20-17-,25-23-,26-24-,29-28-,32-31-,35-34-,38-37-,41-40-. The molecule has 432 valence electrons. The van der Waals surface area contributed by atoms with Crippen LogP contribution in [-0.2, 0) is 28.6 Å². The van der Waals surface area contributed by atoms with E-state index in [1.807, 2.05) is 0 Å². The second kappa shape index (κ2) is 63.3. The SMILES string of the molecule is CC/C=C\C/C=C\C/C=C\C/C=C\C/C=C\C/C=C\C/C=C\C/C=C\CCCCCCCCCCC(=O)OCC(COC(=O)CCCCCCCCCC)OC(=O)CCCCCCCCC/C=C\C/C=C\CCCCC. The third-order valence-electron chi connectivity index (χ3n) is 13.2. The summed E-state index contributed by atoms with van der Waals surface area (Å²) in [6.45, 7) is 6.46. The molecule has 1 atom stereocenters. The van der Waals surface area contributed by atoms with Crippen LogP contribution in [0.2, 0.25) is 0 Å². The molecule has 0 aromatic heterocycles. The molecule has 0 rings (SSSR count). The topological polar surface area (TPSA) is 78.9 Å². The van der Waals surface area contributed by atoms with Gasteiger partial charge in [-0.25, -0.2) is 0 Å².